The van der Waals surface area contributed by atoms with Gasteiger partial charge in [0.2, 0.25) is 0 Å². The lowest BCUT2D eigenvalue weighted by Gasteiger charge is -2.20. The minimum atomic E-state index is 0.511. The first-order chi connectivity index (χ1) is 30.6. The quantitative estimate of drug-likeness (QED) is 0.156. The maximum Gasteiger partial charge on any atom is 0.188 e. The maximum absolute atomic E-state index is 10.3. The molecular weight excluding hydrogens is 761 g/mol. The summed E-state index contributed by atoms with van der Waals surface area (Å²) < 4.78 is 4.44. The predicted molar refractivity (Wildman–Crippen MR) is 246 cm³/mol. The zero-order valence-electron chi connectivity index (χ0n) is 32.9. The molecule has 0 saturated carbocycles. The Morgan fingerprint density at radius 3 is 1.44 bits per heavy atom. The van der Waals surface area contributed by atoms with Gasteiger partial charge in [-0.3, -0.25) is 0 Å². The van der Waals surface area contributed by atoms with Crippen molar-refractivity contribution in [3.8, 4) is 68.8 Å². The molecule has 3 aromatic heterocycles. The van der Waals surface area contributed by atoms with E-state index in [2.05, 4.69) is 68.6 Å². The van der Waals surface area contributed by atoms with Crippen LogP contribution in [-0.4, -0.2) is 24.1 Å². The topological polar surface area (TPSA) is 100 Å². The van der Waals surface area contributed by atoms with E-state index in [1.165, 1.54) is 0 Å². The van der Waals surface area contributed by atoms with Crippen LogP contribution in [0.15, 0.2) is 182 Å². The Labute approximate surface area is 355 Å². The average molecular weight is 791 g/mol. The van der Waals surface area contributed by atoms with Crippen molar-refractivity contribution in [2.45, 2.75) is 0 Å². The molecule has 0 radical (unpaired) electrons. The van der Waals surface area contributed by atoms with Crippen molar-refractivity contribution in [1.82, 2.24) is 24.1 Å². The van der Waals surface area contributed by atoms with Crippen molar-refractivity contribution >= 4 is 49.3 Å². The van der Waals surface area contributed by atoms with E-state index in [0.717, 1.165) is 82.8 Å². The molecule has 11 aromatic rings. The van der Waals surface area contributed by atoms with E-state index in [1.54, 1.807) is 0 Å². The van der Waals surface area contributed by atoms with Crippen molar-refractivity contribution in [3.63, 3.8) is 0 Å². The van der Waals surface area contributed by atoms with Crippen LogP contribution in [0.4, 0.5) is 5.69 Å². The summed E-state index contributed by atoms with van der Waals surface area (Å²) in [7, 11) is 0. The fraction of sp³-hybridized carbons (Fsp3) is 0. The number of hydrogen-bond acceptors (Lipinski definition) is 5. The molecule has 0 bridgehead atoms. The molecule has 0 atom stereocenters. The van der Waals surface area contributed by atoms with Crippen LogP contribution in [0.25, 0.3) is 105 Å². The minimum Gasteiger partial charge on any atom is -0.309 e. The SMILES string of the molecule is [C-]#[N+]c1ccc2c(c1)c1ccccc1n2-c1cc(-c2nc(-c3ccccc3)nc(-c3ccccc3)n2)ccc1-c1ccc(C#N)cc1-n1c2ccccc2c2cc(C#N)ccc21. The third-order valence-electron chi connectivity index (χ3n) is 11.4. The van der Waals surface area contributed by atoms with E-state index >= 15 is 0 Å². The molecular formula is C54H30N8. The van der Waals surface area contributed by atoms with Gasteiger partial charge in [0.1, 0.15) is 0 Å². The monoisotopic (exact) mass is 790 g/mol. The van der Waals surface area contributed by atoms with Gasteiger partial charge in [-0.2, -0.15) is 10.5 Å². The molecule has 8 heteroatoms. The Morgan fingerprint density at radius 1 is 0.403 bits per heavy atom. The second-order valence-corrected chi connectivity index (χ2v) is 15.0. The van der Waals surface area contributed by atoms with Crippen molar-refractivity contribution in [2.24, 2.45) is 0 Å². The van der Waals surface area contributed by atoms with Crippen LogP contribution in [0, 0.1) is 29.2 Å². The third-order valence-corrected chi connectivity index (χ3v) is 11.4. The molecule has 0 aliphatic heterocycles. The molecule has 0 saturated heterocycles. The Bertz CT molecular complexity index is 3670. The van der Waals surface area contributed by atoms with E-state index in [-0.39, 0.29) is 0 Å². The van der Waals surface area contributed by atoms with Gasteiger partial charge >= 0.3 is 0 Å². The number of para-hydroxylation sites is 2. The summed E-state index contributed by atoms with van der Waals surface area (Å²) in [4.78, 5) is 19.0. The zero-order chi connectivity index (χ0) is 41.7. The highest BCUT2D eigenvalue weighted by Gasteiger charge is 2.23. The third kappa shape index (κ3) is 5.86. The normalized spacial score (nSPS) is 11.2. The molecule has 286 valence electrons. The molecule has 0 N–H and O–H groups in total. The first-order valence-electron chi connectivity index (χ1n) is 20.0. The Kier molecular flexibility index (Phi) is 8.46. The molecule has 62 heavy (non-hydrogen) atoms. The Morgan fingerprint density at radius 2 is 0.855 bits per heavy atom. The summed E-state index contributed by atoms with van der Waals surface area (Å²) in [5.41, 5.74) is 11.4. The Balaban J connectivity index is 1.24. The summed E-state index contributed by atoms with van der Waals surface area (Å²) in [6, 6.07) is 64.6. The largest absolute Gasteiger partial charge is 0.309 e. The number of benzene rings is 8. The minimum absolute atomic E-state index is 0.511. The van der Waals surface area contributed by atoms with Crippen molar-refractivity contribution < 1.29 is 0 Å². The van der Waals surface area contributed by atoms with Gasteiger partial charge < -0.3 is 9.13 Å². The fourth-order valence-corrected chi connectivity index (χ4v) is 8.63. The van der Waals surface area contributed by atoms with E-state index in [1.807, 2.05) is 140 Å². The summed E-state index contributed by atoms with van der Waals surface area (Å²) >= 11 is 0. The molecule has 0 fully saturated rings. The van der Waals surface area contributed by atoms with Gasteiger partial charge in [0.25, 0.3) is 0 Å². The Hall–Kier alpha value is -9.16. The highest BCUT2D eigenvalue weighted by Crippen LogP contribution is 2.43. The lowest BCUT2D eigenvalue weighted by Crippen LogP contribution is -2.04. The van der Waals surface area contributed by atoms with Crippen LogP contribution >= 0.6 is 0 Å². The lowest BCUT2D eigenvalue weighted by atomic mass is 9.97. The number of nitriles is 2. The van der Waals surface area contributed by atoms with Gasteiger partial charge in [-0.15, -0.1) is 0 Å². The molecule has 0 unspecified atom stereocenters. The maximum atomic E-state index is 10.3. The number of aromatic nitrogens is 5. The predicted octanol–water partition coefficient (Wildman–Crippen LogP) is 13.0. The smallest absolute Gasteiger partial charge is 0.188 e. The molecule has 3 heterocycles. The first-order valence-corrected chi connectivity index (χ1v) is 20.0. The molecule has 0 aliphatic rings. The van der Waals surface area contributed by atoms with Gasteiger partial charge in [-0.1, -0.05) is 121 Å². The molecule has 0 amide bonds. The van der Waals surface area contributed by atoms with Crippen molar-refractivity contribution in [1.29, 1.82) is 10.5 Å². The lowest BCUT2D eigenvalue weighted by molar-refractivity contribution is 1.07. The van der Waals surface area contributed by atoms with Gasteiger partial charge in [0, 0.05) is 44.0 Å². The van der Waals surface area contributed by atoms with Crippen LogP contribution in [0.3, 0.4) is 0 Å². The van der Waals surface area contributed by atoms with Crippen LogP contribution < -0.4 is 0 Å². The number of fused-ring (bicyclic) bond motifs is 6. The van der Waals surface area contributed by atoms with Gasteiger partial charge in [-0.25, -0.2) is 19.8 Å². The highest BCUT2D eigenvalue weighted by molar-refractivity contribution is 6.12. The van der Waals surface area contributed by atoms with Gasteiger partial charge in [-0.05, 0) is 66.0 Å². The number of nitrogens with zero attached hydrogens (tertiary/aromatic N) is 8. The van der Waals surface area contributed by atoms with Gasteiger partial charge in [0.05, 0.1) is 63.3 Å². The molecule has 8 aromatic carbocycles. The van der Waals surface area contributed by atoms with E-state index < -0.39 is 0 Å². The molecule has 11 rings (SSSR count). The van der Waals surface area contributed by atoms with Crippen molar-refractivity contribution in [3.05, 3.63) is 205 Å². The van der Waals surface area contributed by atoms with Crippen LogP contribution in [-0.2, 0) is 0 Å². The summed E-state index contributed by atoms with van der Waals surface area (Å²) in [5, 5.41) is 24.1. The first kappa shape index (κ1) is 36.0. The number of hydrogen-bond donors (Lipinski definition) is 0. The van der Waals surface area contributed by atoms with E-state index in [0.29, 0.717) is 34.3 Å². The standard InChI is InChI=1S/C54H30N8/c1-57-39-23-27-49-45(31-39)41-17-9-11-19-47(41)62(49)51-30-38(54-59-52(36-12-4-2-5-13-36)58-53(60-54)37-14-6-3-7-15-37)22-25-43(51)42-24-20-35(33-56)29-50(42)61-46-18-10-8-16-40(46)44-28-34(32-55)21-26-48(44)61/h2-31H. The second-order valence-electron chi connectivity index (χ2n) is 15.0. The summed E-state index contributed by atoms with van der Waals surface area (Å²) in [6.07, 6.45) is 0. The highest BCUT2D eigenvalue weighted by atomic mass is 15.0. The molecule has 0 spiro atoms. The fourth-order valence-electron chi connectivity index (χ4n) is 8.63. The van der Waals surface area contributed by atoms with Crippen LogP contribution in [0.2, 0.25) is 0 Å². The molecule has 0 aliphatic carbocycles. The van der Waals surface area contributed by atoms with Gasteiger partial charge in [0.15, 0.2) is 23.2 Å². The molecule has 8 nitrogen and oxygen atoms in total. The summed E-state index contributed by atoms with van der Waals surface area (Å²) in [5.74, 6) is 1.63. The second kappa shape index (κ2) is 14.6. The van der Waals surface area contributed by atoms with Crippen LogP contribution in [0.5, 0.6) is 0 Å². The zero-order valence-corrected chi connectivity index (χ0v) is 32.9. The van der Waals surface area contributed by atoms with E-state index in [9.17, 15) is 10.5 Å². The van der Waals surface area contributed by atoms with Crippen LogP contribution in [0.1, 0.15) is 11.1 Å². The average Bonchev–Trinajstić information content (AvgIpc) is 3.86. The van der Waals surface area contributed by atoms with E-state index in [4.69, 9.17) is 21.5 Å². The van der Waals surface area contributed by atoms with Crippen molar-refractivity contribution in [2.75, 3.05) is 0 Å². The number of rotatable bonds is 6. The summed E-state index contributed by atoms with van der Waals surface area (Å²) in [6.45, 7) is 7.85.